The third-order valence-electron chi connectivity index (χ3n) is 14.1. The Kier molecular flexibility index (Phi) is 51.5. The first-order chi connectivity index (χ1) is 32.3. The zero-order chi connectivity index (χ0) is 48.2. The maximum absolute atomic E-state index is 12.9. The van der Waals surface area contributed by atoms with E-state index in [9.17, 15) is 14.4 Å². The normalized spacial score (nSPS) is 12.5. The number of hydrogen-bond donors (Lipinski definition) is 0. The molecule has 392 valence electrons. The minimum absolute atomic E-state index is 0.0624. The summed E-state index contributed by atoms with van der Waals surface area (Å²) in [7, 11) is 0. The topological polar surface area (TPSA) is 78.9 Å². The Morgan fingerprint density at radius 3 is 0.864 bits per heavy atom. The van der Waals surface area contributed by atoms with Gasteiger partial charge in [0.05, 0.1) is 0 Å². The van der Waals surface area contributed by atoms with Gasteiger partial charge in [-0.2, -0.15) is 0 Å². The van der Waals surface area contributed by atoms with Crippen molar-refractivity contribution < 1.29 is 28.6 Å². The van der Waals surface area contributed by atoms with E-state index in [2.05, 4.69) is 34.6 Å². The summed E-state index contributed by atoms with van der Waals surface area (Å²) in [6.07, 6.45) is 56.6. The summed E-state index contributed by atoms with van der Waals surface area (Å²) in [4.78, 5) is 38.2. The zero-order valence-corrected chi connectivity index (χ0v) is 45.3. The van der Waals surface area contributed by atoms with Crippen LogP contribution in [0.2, 0.25) is 0 Å². The smallest absolute Gasteiger partial charge is 0.306 e. The van der Waals surface area contributed by atoms with E-state index < -0.39 is 6.10 Å². The molecular formula is C60H116O6. The van der Waals surface area contributed by atoms with Crippen molar-refractivity contribution in [3.63, 3.8) is 0 Å². The molecule has 0 aliphatic carbocycles. The molecule has 0 heterocycles. The Balaban J connectivity index is 4.30. The van der Waals surface area contributed by atoms with Crippen LogP contribution in [-0.4, -0.2) is 37.2 Å². The van der Waals surface area contributed by atoms with Crippen LogP contribution in [0.4, 0.5) is 0 Å². The van der Waals surface area contributed by atoms with Gasteiger partial charge in [-0.3, -0.25) is 14.4 Å². The second-order valence-corrected chi connectivity index (χ2v) is 21.4. The molecule has 0 amide bonds. The van der Waals surface area contributed by atoms with Gasteiger partial charge in [-0.1, -0.05) is 298 Å². The minimum atomic E-state index is -0.763. The van der Waals surface area contributed by atoms with Gasteiger partial charge in [-0.25, -0.2) is 0 Å². The van der Waals surface area contributed by atoms with Crippen molar-refractivity contribution in [1.82, 2.24) is 0 Å². The van der Waals surface area contributed by atoms with Crippen molar-refractivity contribution in [3.8, 4) is 0 Å². The lowest BCUT2D eigenvalue weighted by Crippen LogP contribution is -2.30. The molecule has 1 unspecified atom stereocenters. The Hall–Kier alpha value is -1.59. The molecule has 0 bridgehead atoms. The van der Waals surface area contributed by atoms with Gasteiger partial charge < -0.3 is 14.2 Å². The SMILES string of the molecule is CCCCCCCCCCCCCCCCCC(=O)OC[C@@H](COC(=O)CCCCCCCCCCCCCCCCC(C)CC)OC(=O)CCCCCCCCCCCCCCC(C)C. The summed E-state index contributed by atoms with van der Waals surface area (Å²) >= 11 is 0. The van der Waals surface area contributed by atoms with E-state index in [1.54, 1.807) is 0 Å². The van der Waals surface area contributed by atoms with E-state index in [0.717, 1.165) is 69.6 Å². The summed E-state index contributed by atoms with van der Waals surface area (Å²) in [6, 6.07) is 0. The number of rotatable bonds is 54. The maximum atomic E-state index is 12.9. The first-order valence-electron chi connectivity index (χ1n) is 29.8. The zero-order valence-electron chi connectivity index (χ0n) is 45.3. The van der Waals surface area contributed by atoms with Crippen LogP contribution in [0, 0.1) is 11.8 Å². The van der Waals surface area contributed by atoms with Gasteiger partial charge in [-0.05, 0) is 31.1 Å². The average Bonchev–Trinajstić information content (AvgIpc) is 3.30. The Bertz CT molecular complexity index is 1010. The molecule has 0 saturated heterocycles. The van der Waals surface area contributed by atoms with Gasteiger partial charge in [0.15, 0.2) is 6.10 Å². The van der Waals surface area contributed by atoms with Gasteiger partial charge >= 0.3 is 17.9 Å². The van der Waals surface area contributed by atoms with Crippen LogP contribution in [0.25, 0.3) is 0 Å². The van der Waals surface area contributed by atoms with E-state index in [0.29, 0.717) is 19.3 Å². The molecule has 0 aromatic carbocycles. The molecule has 6 nitrogen and oxygen atoms in total. The molecule has 0 spiro atoms. The van der Waals surface area contributed by atoms with Crippen LogP contribution in [0.1, 0.15) is 336 Å². The van der Waals surface area contributed by atoms with E-state index in [1.165, 1.54) is 225 Å². The molecule has 0 fully saturated rings. The highest BCUT2D eigenvalue weighted by Crippen LogP contribution is 2.19. The lowest BCUT2D eigenvalue weighted by molar-refractivity contribution is -0.167. The first-order valence-corrected chi connectivity index (χ1v) is 29.8. The van der Waals surface area contributed by atoms with Gasteiger partial charge in [0, 0.05) is 19.3 Å². The van der Waals surface area contributed by atoms with Crippen LogP contribution in [0.3, 0.4) is 0 Å². The third-order valence-corrected chi connectivity index (χ3v) is 14.1. The number of esters is 3. The van der Waals surface area contributed by atoms with Crippen molar-refractivity contribution in [3.05, 3.63) is 0 Å². The van der Waals surface area contributed by atoms with Gasteiger partial charge in [0.1, 0.15) is 13.2 Å². The summed E-state index contributed by atoms with van der Waals surface area (Å²) in [5.74, 6) is 0.891. The lowest BCUT2D eigenvalue weighted by atomic mass is 9.99. The highest BCUT2D eigenvalue weighted by atomic mass is 16.6. The summed E-state index contributed by atoms with van der Waals surface area (Å²) in [5.41, 5.74) is 0. The molecule has 66 heavy (non-hydrogen) atoms. The number of unbranched alkanes of at least 4 members (excludes halogenated alkanes) is 38. The molecule has 6 heteroatoms. The van der Waals surface area contributed by atoms with Crippen molar-refractivity contribution in [2.75, 3.05) is 13.2 Å². The van der Waals surface area contributed by atoms with Crippen LogP contribution in [-0.2, 0) is 28.6 Å². The number of ether oxygens (including phenoxy) is 3. The lowest BCUT2D eigenvalue weighted by Gasteiger charge is -2.18. The maximum Gasteiger partial charge on any atom is 0.306 e. The van der Waals surface area contributed by atoms with Crippen LogP contribution in [0.15, 0.2) is 0 Å². The highest BCUT2D eigenvalue weighted by Gasteiger charge is 2.19. The molecule has 0 radical (unpaired) electrons. The largest absolute Gasteiger partial charge is 0.462 e. The van der Waals surface area contributed by atoms with Crippen LogP contribution >= 0.6 is 0 Å². The van der Waals surface area contributed by atoms with Crippen molar-refractivity contribution in [2.24, 2.45) is 11.8 Å². The van der Waals surface area contributed by atoms with Crippen molar-refractivity contribution in [1.29, 1.82) is 0 Å². The number of carbonyl (C=O) groups is 3. The fourth-order valence-electron chi connectivity index (χ4n) is 9.20. The van der Waals surface area contributed by atoms with E-state index >= 15 is 0 Å². The molecule has 0 aliphatic rings. The molecule has 0 N–H and O–H groups in total. The first kappa shape index (κ1) is 64.4. The van der Waals surface area contributed by atoms with E-state index in [-0.39, 0.29) is 31.1 Å². The monoisotopic (exact) mass is 933 g/mol. The Morgan fingerprint density at radius 2 is 0.576 bits per heavy atom. The van der Waals surface area contributed by atoms with Gasteiger partial charge in [0.25, 0.3) is 0 Å². The fourth-order valence-corrected chi connectivity index (χ4v) is 9.20. The Labute approximate surface area is 412 Å². The molecular weight excluding hydrogens is 817 g/mol. The molecule has 0 aromatic heterocycles. The summed E-state index contributed by atoms with van der Waals surface area (Å²) in [5, 5.41) is 0. The Morgan fingerprint density at radius 1 is 0.318 bits per heavy atom. The highest BCUT2D eigenvalue weighted by molar-refractivity contribution is 5.71. The fraction of sp³-hybridized carbons (Fsp3) is 0.950. The second-order valence-electron chi connectivity index (χ2n) is 21.4. The van der Waals surface area contributed by atoms with E-state index in [4.69, 9.17) is 14.2 Å². The van der Waals surface area contributed by atoms with Crippen LogP contribution < -0.4 is 0 Å². The average molecular weight is 934 g/mol. The van der Waals surface area contributed by atoms with E-state index in [1.807, 2.05) is 0 Å². The number of hydrogen-bond acceptors (Lipinski definition) is 6. The minimum Gasteiger partial charge on any atom is -0.462 e. The predicted molar refractivity (Wildman–Crippen MR) is 284 cm³/mol. The number of carbonyl (C=O) groups excluding carboxylic acids is 3. The second kappa shape index (κ2) is 52.8. The van der Waals surface area contributed by atoms with Crippen molar-refractivity contribution in [2.45, 2.75) is 343 Å². The molecule has 2 atom stereocenters. The quantitative estimate of drug-likeness (QED) is 0.0343. The third kappa shape index (κ3) is 51.8. The standard InChI is InChI=1S/C60H116O6/c1-6-8-9-10-11-12-13-14-15-19-25-30-35-40-45-50-58(61)64-53-57(66-60(63)52-47-42-37-32-27-22-21-23-28-33-38-43-48-55(3)4)54-65-59(62)51-46-41-36-31-26-20-17-16-18-24-29-34-39-44-49-56(5)7-2/h55-57H,6-54H2,1-5H3/t56?,57-/m0/s1. The van der Waals surface area contributed by atoms with Gasteiger partial charge in [0.2, 0.25) is 0 Å². The molecule has 0 aromatic rings. The predicted octanol–water partition coefficient (Wildman–Crippen LogP) is 19.7. The molecule has 0 aliphatic heterocycles. The molecule has 0 saturated carbocycles. The summed E-state index contributed by atoms with van der Waals surface area (Å²) in [6.45, 7) is 11.5. The molecule has 0 rings (SSSR count). The summed E-state index contributed by atoms with van der Waals surface area (Å²) < 4.78 is 16.9. The van der Waals surface area contributed by atoms with Crippen LogP contribution in [0.5, 0.6) is 0 Å². The van der Waals surface area contributed by atoms with Gasteiger partial charge in [-0.15, -0.1) is 0 Å². The van der Waals surface area contributed by atoms with Crippen molar-refractivity contribution >= 4 is 17.9 Å².